The van der Waals surface area contributed by atoms with Gasteiger partial charge in [-0.1, -0.05) is 12.1 Å². The summed E-state index contributed by atoms with van der Waals surface area (Å²) in [5, 5.41) is 5.81. The average molecular weight is 354 g/mol. The third kappa shape index (κ3) is 4.11. The zero-order valence-electron chi connectivity index (χ0n) is 14.7. The fourth-order valence-electron chi connectivity index (χ4n) is 2.89. The number of methoxy groups -OCH3 is 1. The molecule has 7 heteroatoms. The minimum absolute atomic E-state index is 0.0121. The molecule has 0 unspecified atom stereocenters. The lowest BCUT2D eigenvalue weighted by Gasteiger charge is -2.16. The fraction of sp³-hybridized carbons (Fsp3) is 0.316. The first kappa shape index (κ1) is 17.7. The molecule has 1 aliphatic rings. The molecule has 136 valence electrons. The molecular formula is C19H22N4O3. The number of hydrogen-bond acceptors (Lipinski definition) is 5. The first-order valence-corrected chi connectivity index (χ1v) is 8.60. The number of aromatic nitrogens is 1. The normalized spacial score (nSPS) is 13.3. The zero-order chi connectivity index (χ0) is 18.4. The van der Waals surface area contributed by atoms with Crippen molar-refractivity contribution in [3.8, 4) is 5.75 Å². The Labute approximate surface area is 152 Å². The Bertz CT molecular complexity index is 788. The van der Waals surface area contributed by atoms with Crippen LogP contribution >= 0.6 is 0 Å². The molecule has 1 saturated heterocycles. The van der Waals surface area contributed by atoms with E-state index in [2.05, 4.69) is 15.6 Å². The summed E-state index contributed by atoms with van der Waals surface area (Å²) in [6, 6.07) is 10.7. The first-order valence-electron chi connectivity index (χ1n) is 8.60. The van der Waals surface area contributed by atoms with Gasteiger partial charge < -0.3 is 20.3 Å². The highest BCUT2D eigenvalue weighted by atomic mass is 16.5. The fourth-order valence-corrected chi connectivity index (χ4v) is 2.89. The molecule has 7 nitrogen and oxygen atoms in total. The molecule has 0 saturated carbocycles. The summed E-state index contributed by atoms with van der Waals surface area (Å²) >= 11 is 0. The maximum Gasteiger partial charge on any atom is 0.255 e. The van der Waals surface area contributed by atoms with Crippen LogP contribution < -0.4 is 15.4 Å². The summed E-state index contributed by atoms with van der Waals surface area (Å²) < 4.78 is 5.31. The highest BCUT2D eigenvalue weighted by Crippen LogP contribution is 2.27. The number of benzene rings is 1. The van der Waals surface area contributed by atoms with E-state index in [1.165, 1.54) is 0 Å². The maximum atomic E-state index is 12.5. The molecule has 0 aliphatic carbocycles. The van der Waals surface area contributed by atoms with Crippen molar-refractivity contribution in [1.82, 2.24) is 15.2 Å². The van der Waals surface area contributed by atoms with Crippen LogP contribution in [0.25, 0.3) is 0 Å². The Morgan fingerprint density at radius 2 is 1.92 bits per heavy atom. The van der Waals surface area contributed by atoms with E-state index in [0.717, 1.165) is 25.9 Å². The average Bonchev–Trinajstić information content (AvgIpc) is 3.21. The van der Waals surface area contributed by atoms with Gasteiger partial charge in [-0.05, 0) is 37.1 Å². The molecule has 0 spiro atoms. The van der Waals surface area contributed by atoms with Crippen molar-refractivity contribution in [3.05, 3.63) is 48.2 Å². The molecule has 3 rings (SSSR count). The van der Waals surface area contributed by atoms with E-state index >= 15 is 0 Å². The van der Waals surface area contributed by atoms with E-state index in [0.29, 0.717) is 22.8 Å². The number of amides is 2. The quantitative estimate of drug-likeness (QED) is 0.831. The van der Waals surface area contributed by atoms with Gasteiger partial charge in [-0.3, -0.25) is 9.59 Å². The minimum atomic E-state index is -0.344. The van der Waals surface area contributed by atoms with Gasteiger partial charge in [-0.2, -0.15) is 0 Å². The molecule has 2 amide bonds. The summed E-state index contributed by atoms with van der Waals surface area (Å²) in [5.41, 5.74) is 1.07. The molecule has 1 aromatic heterocycles. The van der Waals surface area contributed by atoms with Crippen molar-refractivity contribution >= 4 is 23.3 Å². The van der Waals surface area contributed by atoms with E-state index in [-0.39, 0.29) is 18.4 Å². The predicted octanol–water partition coefficient (Wildman–Crippen LogP) is 2.19. The van der Waals surface area contributed by atoms with Gasteiger partial charge in [0.25, 0.3) is 5.91 Å². The number of carbonyl (C=O) groups excluding carboxylic acids is 2. The lowest BCUT2D eigenvalue weighted by atomic mass is 10.2. The number of likely N-dealkylation sites (tertiary alicyclic amines) is 1. The van der Waals surface area contributed by atoms with Gasteiger partial charge in [0.2, 0.25) is 5.91 Å². The second-order valence-corrected chi connectivity index (χ2v) is 6.00. The molecule has 0 bridgehead atoms. The van der Waals surface area contributed by atoms with E-state index in [1.54, 1.807) is 30.3 Å². The van der Waals surface area contributed by atoms with E-state index in [4.69, 9.17) is 4.74 Å². The number of ether oxygens (including phenoxy) is 1. The summed E-state index contributed by atoms with van der Waals surface area (Å²) in [4.78, 5) is 30.7. The van der Waals surface area contributed by atoms with E-state index in [9.17, 15) is 9.59 Å². The molecule has 1 aromatic carbocycles. The third-order valence-corrected chi connectivity index (χ3v) is 4.27. The van der Waals surface area contributed by atoms with Gasteiger partial charge in [-0.15, -0.1) is 0 Å². The minimum Gasteiger partial charge on any atom is -0.495 e. The first-order chi connectivity index (χ1) is 12.7. The number of hydrogen-bond donors (Lipinski definition) is 2. The van der Waals surface area contributed by atoms with Gasteiger partial charge in [0.1, 0.15) is 11.6 Å². The highest BCUT2D eigenvalue weighted by Gasteiger charge is 2.19. The molecule has 0 atom stereocenters. The molecule has 1 aliphatic heterocycles. The summed E-state index contributed by atoms with van der Waals surface area (Å²) in [6.07, 6.45) is 3.65. The topological polar surface area (TPSA) is 83.6 Å². The predicted molar refractivity (Wildman–Crippen MR) is 98.7 cm³/mol. The van der Waals surface area contributed by atoms with Gasteiger partial charge in [0, 0.05) is 19.3 Å². The molecule has 2 heterocycles. The van der Waals surface area contributed by atoms with Gasteiger partial charge in [0.15, 0.2) is 0 Å². The summed E-state index contributed by atoms with van der Waals surface area (Å²) in [5.74, 6) is 0.652. The molecule has 1 fully saturated rings. The Kier molecular flexibility index (Phi) is 5.68. The van der Waals surface area contributed by atoms with Crippen molar-refractivity contribution in [3.63, 3.8) is 0 Å². The van der Waals surface area contributed by atoms with Crippen LogP contribution in [-0.4, -0.2) is 48.4 Å². The van der Waals surface area contributed by atoms with Crippen LogP contribution in [0, 0.1) is 0 Å². The Morgan fingerprint density at radius 1 is 1.15 bits per heavy atom. The van der Waals surface area contributed by atoms with E-state index in [1.807, 2.05) is 24.3 Å². The highest BCUT2D eigenvalue weighted by molar-refractivity contribution is 6.01. The monoisotopic (exact) mass is 354 g/mol. The van der Waals surface area contributed by atoms with Crippen LogP contribution in [0.15, 0.2) is 42.6 Å². The summed E-state index contributed by atoms with van der Waals surface area (Å²) in [7, 11) is 1.58. The smallest absolute Gasteiger partial charge is 0.255 e. The van der Waals surface area contributed by atoms with Crippen molar-refractivity contribution < 1.29 is 14.3 Å². The lowest BCUT2D eigenvalue weighted by molar-refractivity contribution is -0.129. The number of carbonyl (C=O) groups is 2. The SMILES string of the molecule is COc1ccccc1Nc1ncccc1C(=O)NCC(=O)N1CCCC1. The number of pyridine rings is 1. The van der Waals surface area contributed by atoms with Gasteiger partial charge >= 0.3 is 0 Å². The van der Waals surface area contributed by atoms with Crippen LogP contribution in [0.5, 0.6) is 5.75 Å². The van der Waals surface area contributed by atoms with Crippen LogP contribution in [-0.2, 0) is 4.79 Å². The zero-order valence-corrected chi connectivity index (χ0v) is 14.7. The summed E-state index contributed by atoms with van der Waals surface area (Å²) in [6.45, 7) is 1.52. The van der Waals surface area contributed by atoms with Crippen LogP contribution in [0.2, 0.25) is 0 Å². The Balaban J connectivity index is 1.70. The molecule has 26 heavy (non-hydrogen) atoms. The van der Waals surface area contributed by atoms with Gasteiger partial charge in [0.05, 0.1) is 24.9 Å². The third-order valence-electron chi connectivity index (χ3n) is 4.27. The molecule has 2 aromatic rings. The lowest BCUT2D eigenvalue weighted by Crippen LogP contribution is -2.38. The standard InChI is InChI=1S/C19H22N4O3/c1-26-16-9-3-2-8-15(16)22-18-14(7-6-10-20-18)19(25)21-13-17(24)23-11-4-5-12-23/h2-3,6-10H,4-5,11-13H2,1H3,(H,20,22)(H,21,25). The van der Waals surface area contributed by atoms with Crippen LogP contribution in [0.1, 0.15) is 23.2 Å². The van der Waals surface area contributed by atoms with Crippen molar-refractivity contribution in [1.29, 1.82) is 0 Å². The second kappa shape index (κ2) is 8.33. The second-order valence-electron chi connectivity index (χ2n) is 6.00. The van der Waals surface area contributed by atoms with Crippen LogP contribution in [0.3, 0.4) is 0 Å². The Hall–Kier alpha value is -3.09. The van der Waals surface area contributed by atoms with Crippen molar-refractivity contribution in [2.45, 2.75) is 12.8 Å². The number of nitrogens with zero attached hydrogens (tertiary/aromatic N) is 2. The number of anilines is 2. The molecule has 2 N–H and O–H groups in total. The van der Waals surface area contributed by atoms with E-state index < -0.39 is 0 Å². The molecule has 0 radical (unpaired) electrons. The number of rotatable bonds is 6. The van der Waals surface area contributed by atoms with Crippen molar-refractivity contribution in [2.75, 3.05) is 32.1 Å². The Morgan fingerprint density at radius 3 is 2.69 bits per heavy atom. The number of nitrogens with one attached hydrogen (secondary N) is 2. The van der Waals surface area contributed by atoms with Gasteiger partial charge in [-0.25, -0.2) is 4.98 Å². The largest absolute Gasteiger partial charge is 0.495 e. The number of para-hydroxylation sites is 2. The maximum absolute atomic E-state index is 12.5. The molecular weight excluding hydrogens is 332 g/mol. The van der Waals surface area contributed by atoms with Crippen molar-refractivity contribution in [2.24, 2.45) is 0 Å². The van der Waals surface area contributed by atoms with Crippen LogP contribution in [0.4, 0.5) is 11.5 Å².